The SMILES string of the molecule is CN(Cc1ccco1)C(=O)Nc1cccc(OCc2cccnc2)c1. The molecular formula is C19H19N3O3. The Labute approximate surface area is 146 Å². The average Bonchev–Trinajstić information content (AvgIpc) is 3.14. The summed E-state index contributed by atoms with van der Waals surface area (Å²) in [7, 11) is 1.71. The molecule has 0 saturated heterocycles. The number of rotatable bonds is 6. The van der Waals surface area contributed by atoms with Crippen molar-refractivity contribution in [2.24, 2.45) is 0 Å². The summed E-state index contributed by atoms with van der Waals surface area (Å²) in [5.41, 5.74) is 1.65. The molecule has 0 spiro atoms. The van der Waals surface area contributed by atoms with E-state index < -0.39 is 0 Å². The van der Waals surface area contributed by atoms with E-state index in [2.05, 4.69) is 10.3 Å². The van der Waals surface area contributed by atoms with Crippen molar-refractivity contribution in [1.82, 2.24) is 9.88 Å². The average molecular weight is 337 g/mol. The maximum Gasteiger partial charge on any atom is 0.321 e. The van der Waals surface area contributed by atoms with Crippen molar-refractivity contribution >= 4 is 11.7 Å². The minimum Gasteiger partial charge on any atom is -0.489 e. The zero-order valence-electron chi connectivity index (χ0n) is 13.9. The molecule has 6 nitrogen and oxygen atoms in total. The number of ether oxygens (including phenoxy) is 1. The van der Waals surface area contributed by atoms with Crippen molar-refractivity contribution in [3.8, 4) is 5.75 Å². The van der Waals surface area contributed by atoms with Crippen molar-refractivity contribution in [3.63, 3.8) is 0 Å². The van der Waals surface area contributed by atoms with Crippen LogP contribution in [0.1, 0.15) is 11.3 Å². The van der Waals surface area contributed by atoms with Crippen molar-refractivity contribution in [2.75, 3.05) is 12.4 Å². The van der Waals surface area contributed by atoms with E-state index >= 15 is 0 Å². The van der Waals surface area contributed by atoms with E-state index in [1.165, 1.54) is 0 Å². The number of aromatic nitrogens is 1. The third kappa shape index (κ3) is 4.84. The number of carbonyl (C=O) groups is 1. The number of hydrogen-bond acceptors (Lipinski definition) is 4. The summed E-state index contributed by atoms with van der Waals surface area (Å²) >= 11 is 0. The highest BCUT2D eigenvalue weighted by Crippen LogP contribution is 2.19. The van der Waals surface area contributed by atoms with Crippen LogP contribution < -0.4 is 10.1 Å². The number of furan rings is 1. The molecule has 128 valence electrons. The van der Waals surface area contributed by atoms with Crippen LogP contribution in [0.2, 0.25) is 0 Å². The normalized spacial score (nSPS) is 10.3. The Morgan fingerprint density at radius 1 is 1.24 bits per heavy atom. The quantitative estimate of drug-likeness (QED) is 0.740. The van der Waals surface area contributed by atoms with Gasteiger partial charge in [-0.2, -0.15) is 0 Å². The number of benzene rings is 1. The predicted molar refractivity (Wildman–Crippen MR) is 94.2 cm³/mol. The molecule has 0 saturated carbocycles. The number of hydrogen-bond donors (Lipinski definition) is 1. The number of nitrogens with zero attached hydrogens (tertiary/aromatic N) is 2. The molecule has 1 N–H and O–H groups in total. The maximum atomic E-state index is 12.3. The molecule has 25 heavy (non-hydrogen) atoms. The number of nitrogens with one attached hydrogen (secondary N) is 1. The second kappa shape index (κ2) is 8.01. The molecule has 0 fully saturated rings. The molecule has 0 unspecified atom stereocenters. The highest BCUT2D eigenvalue weighted by atomic mass is 16.5. The molecule has 1 aromatic carbocycles. The van der Waals surface area contributed by atoms with E-state index in [9.17, 15) is 4.79 Å². The van der Waals surface area contributed by atoms with Crippen molar-refractivity contribution in [2.45, 2.75) is 13.2 Å². The third-order valence-electron chi connectivity index (χ3n) is 3.53. The minimum atomic E-state index is -0.221. The van der Waals surface area contributed by atoms with Crippen LogP contribution in [0.15, 0.2) is 71.6 Å². The molecule has 2 heterocycles. The van der Waals surface area contributed by atoms with Gasteiger partial charge in [0.2, 0.25) is 0 Å². The van der Waals surface area contributed by atoms with Gasteiger partial charge in [-0.05, 0) is 30.3 Å². The van der Waals surface area contributed by atoms with E-state index in [1.807, 2.05) is 36.4 Å². The van der Waals surface area contributed by atoms with Crippen LogP contribution in [0.25, 0.3) is 0 Å². The Bertz CT molecular complexity index is 804. The summed E-state index contributed by atoms with van der Waals surface area (Å²) in [5.74, 6) is 1.40. The summed E-state index contributed by atoms with van der Waals surface area (Å²) < 4.78 is 11.0. The zero-order chi connectivity index (χ0) is 17.5. The summed E-state index contributed by atoms with van der Waals surface area (Å²) in [6.45, 7) is 0.819. The fraction of sp³-hybridized carbons (Fsp3) is 0.158. The number of amides is 2. The van der Waals surface area contributed by atoms with E-state index in [0.717, 1.165) is 11.3 Å². The van der Waals surface area contributed by atoms with Gasteiger partial charge >= 0.3 is 6.03 Å². The Balaban J connectivity index is 1.56. The van der Waals surface area contributed by atoms with Gasteiger partial charge in [0.15, 0.2) is 0 Å². The van der Waals surface area contributed by atoms with E-state index in [1.54, 1.807) is 42.7 Å². The Morgan fingerprint density at radius 2 is 2.16 bits per heavy atom. The van der Waals surface area contributed by atoms with Crippen LogP contribution in [0.3, 0.4) is 0 Å². The molecule has 0 atom stereocenters. The lowest BCUT2D eigenvalue weighted by Crippen LogP contribution is -2.30. The Morgan fingerprint density at radius 3 is 2.92 bits per heavy atom. The van der Waals surface area contributed by atoms with Gasteiger partial charge in [0.1, 0.15) is 18.1 Å². The number of urea groups is 1. The predicted octanol–water partition coefficient (Wildman–Crippen LogP) is 3.92. The van der Waals surface area contributed by atoms with Crippen LogP contribution in [0.5, 0.6) is 5.75 Å². The molecule has 0 aliphatic rings. The van der Waals surface area contributed by atoms with Crippen LogP contribution in [0, 0.1) is 0 Å². The summed E-state index contributed by atoms with van der Waals surface area (Å²) in [4.78, 5) is 17.9. The monoisotopic (exact) mass is 337 g/mol. The Hall–Kier alpha value is -3.28. The van der Waals surface area contributed by atoms with Gasteiger partial charge < -0.3 is 19.4 Å². The number of anilines is 1. The molecule has 0 radical (unpaired) electrons. The first-order valence-corrected chi connectivity index (χ1v) is 7.87. The molecule has 6 heteroatoms. The molecule has 2 amide bonds. The lowest BCUT2D eigenvalue weighted by Gasteiger charge is -2.17. The summed E-state index contributed by atoms with van der Waals surface area (Å²) in [6.07, 6.45) is 5.07. The van der Waals surface area contributed by atoms with Crippen LogP contribution >= 0.6 is 0 Å². The first kappa shape index (κ1) is 16.6. The molecule has 0 aliphatic carbocycles. The topological polar surface area (TPSA) is 67.6 Å². The van der Waals surface area contributed by atoms with Gasteiger partial charge in [-0.3, -0.25) is 4.98 Å². The minimum absolute atomic E-state index is 0.221. The highest BCUT2D eigenvalue weighted by Gasteiger charge is 2.11. The maximum absolute atomic E-state index is 12.3. The highest BCUT2D eigenvalue weighted by molar-refractivity contribution is 5.89. The number of carbonyl (C=O) groups excluding carboxylic acids is 1. The molecule has 3 aromatic rings. The van der Waals surface area contributed by atoms with Crippen molar-refractivity contribution < 1.29 is 13.9 Å². The van der Waals surface area contributed by atoms with Gasteiger partial charge in [-0.25, -0.2) is 4.79 Å². The lowest BCUT2D eigenvalue weighted by molar-refractivity contribution is 0.217. The number of pyridine rings is 1. The first-order valence-electron chi connectivity index (χ1n) is 7.87. The van der Waals surface area contributed by atoms with Gasteiger partial charge in [-0.1, -0.05) is 12.1 Å². The zero-order valence-corrected chi connectivity index (χ0v) is 13.9. The Kier molecular flexibility index (Phi) is 5.31. The summed E-state index contributed by atoms with van der Waals surface area (Å²) in [5, 5.41) is 2.85. The molecule has 3 rings (SSSR count). The smallest absolute Gasteiger partial charge is 0.321 e. The van der Waals surface area contributed by atoms with Gasteiger partial charge in [0.05, 0.1) is 12.8 Å². The molecule has 0 aliphatic heterocycles. The van der Waals surface area contributed by atoms with Crippen molar-refractivity contribution in [1.29, 1.82) is 0 Å². The van der Waals surface area contributed by atoms with Crippen molar-refractivity contribution in [3.05, 3.63) is 78.5 Å². The molecule has 2 aromatic heterocycles. The van der Waals surface area contributed by atoms with Gasteiger partial charge in [0.25, 0.3) is 0 Å². The first-order chi connectivity index (χ1) is 12.2. The van der Waals surface area contributed by atoms with Gasteiger partial charge in [0, 0.05) is 36.8 Å². The van der Waals surface area contributed by atoms with Crippen LogP contribution in [-0.4, -0.2) is 23.0 Å². The largest absolute Gasteiger partial charge is 0.489 e. The summed E-state index contributed by atoms with van der Waals surface area (Å²) in [6, 6.07) is 14.5. The van der Waals surface area contributed by atoms with E-state index in [-0.39, 0.29) is 6.03 Å². The van der Waals surface area contributed by atoms with Gasteiger partial charge in [-0.15, -0.1) is 0 Å². The molecule has 0 bridgehead atoms. The standard InChI is InChI=1S/C19H19N3O3/c1-22(13-18-8-4-10-24-18)19(23)21-16-6-2-7-17(11-16)25-14-15-5-3-9-20-12-15/h2-12H,13-14H2,1H3,(H,21,23). The molecular weight excluding hydrogens is 318 g/mol. The lowest BCUT2D eigenvalue weighted by atomic mass is 10.3. The third-order valence-corrected chi connectivity index (χ3v) is 3.53. The fourth-order valence-corrected chi connectivity index (χ4v) is 2.24. The van der Waals surface area contributed by atoms with Crippen LogP contribution in [-0.2, 0) is 13.2 Å². The fourth-order valence-electron chi connectivity index (χ4n) is 2.24. The van der Waals surface area contributed by atoms with E-state index in [4.69, 9.17) is 9.15 Å². The van der Waals surface area contributed by atoms with E-state index in [0.29, 0.717) is 24.6 Å². The second-order valence-corrected chi connectivity index (χ2v) is 5.54. The van der Waals surface area contributed by atoms with Crippen LogP contribution in [0.4, 0.5) is 10.5 Å². The second-order valence-electron chi connectivity index (χ2n) is 5.54.